The summed E-state index contributed by atoms with van der Waals surface area (Å²) in [5.74, 6) is -1.50. The van der Waals surface area contributed by atoms with E-state index in [1.807, 2.05) is 24.3 Å². The van der Waals surface area contributed by atoms with E-state index in [1.165, 1.54) is 17.0 Å². The number of carbonyl (C=O) groups excluding carboxylic acids is 2. The van der Waals surface area contributed by atoms with Crippen LogP contribution in [0.3, 0.4) is 0 Å². The van der Waals surface area contributed by atoms with Crippen molar-refractivity contribution in [3.8, 4) is 0 Å². The van der Waals surface area contributed by atoms with E-state index >= 15 is 0 Å². The zero-order chi connectivity index (χ0) is 22.4. The molecule has 0 aliphatic carbocycles. The highest BCUT2D eigenvalue weighted by molar-refractivity contribution is 6.05. The number of imide groups is 1. The first kappa shape index (κ1) is 20.2. The van der Waals surface area contributed by atoms with Gasteiger partial charge in [0, 0.05) is 42.5 Å². The van der Waals surface area contributed by atoms with Crippen molar-refractivity contribution in [1.82, 2.24) is 14.4 Å². The monoisotopic (exact) mass is 435 g/mol. The fraction of sp³-hybridized carbons (Fsp3) is 0.292. The van der Waals surface area contributed by atoms with E-state index in [-0.39, 0.29) is 37.1 Å². The van der Waals surface area contributed by atoms with Crippen LogP contribution in [0.15, 0.2) is 48.5 Å². The fourth-order valence-electron chi connectivity index (χ4n) is 4.81. The highest BCUT2D eigenvalue weighted by atomic mass is 19.1. The summed E-state index contributed by atoms with van der Waals surface area (Å²) in [6.45, 7) is 0.937. The summed E-state index contributed by atoms with van der Waals surface area (Å²) in [5.41, 5.74) is 3.98. The number of para-hydroxylation sites is 1. The standard InChI is InChI=1S/C24H22FN3O4/c25-16-9-7-15(8-10-16)13-27-19-5-2-1-4-17(19)18-12-20-23(31)26(11-3-6-22(29)30)24(32)28(20)14-21(18)27/h1-2,4-5,7-10,20H,3,6,11-14H2,(H,29,30)/t20-/m1/s1. The summed E-state index contributed by atoms with van der Waals surface area (Å²) in [5, 5.41) is 9.91. The van der Waals surface area contributed by atoms with E-state index in [4.69, 9.17) is 5.11 Å². The van der Waals surface area contributed by atoms with E-state index < -0.39 is 12.0 Å². The van der Waals surface area contributed by atoms with Crippen LogP contribution in [0.4, 0.5) is 9.18 Å². The molecule has 1 fully saturated rings. The quantitative estimate of drug-likeness (QED) is 0.602. The van der Waals surface area contributed by atoms with Crippen molar-refractivity contribution < 1.29 is 23.9 Å². The number of aliphatic carboxylic acids is 1. The van der Waals surface area contributed by atoms with Crippen molar-refractivity contribution in [2.45, 2.75) is 38.4 Å². The van der Waals surface area contributed by atoms with Gasteiger partial charge in [0.1, 0.15) is 11.9 Å². The second kappa shape index (κ2) is 7.78. The average Bonchev–Trinajstić information content (AvgIpc) is 3.21. The highest BCUT2D eigenvalue weighted by Crippen LogP contribution is 2.36. The number of carboxylic acid groups (broad SMARTS) is 1. The number of rotatable bonds is 6. The Morgan fingerprint density at radius 3 is 2.59 bits per heavy atom. The molecule has 2 aliphatic rings. The first-order valence-corrected chi connectivity index (χ1v) is 10.6. The van der Waals surface area contributed by atoms with Crippen LogP contribution in [-0.4, -0.2) is 50.0 Å². The van der Waals surface area contributed by atoms with Crippen molar-refractivity contribution in [1.29, 1.82) is 0 Å². The largest absolute Gasteiger partial charge is 0.481 e. The predicted molar refractivity (Wildman–Crippen MR) is 114 cm³/mol. The Bertz CT molecular complexity index is 1230. The normalized spacial score (nSPS) is 17.7. The average molecular weight is 435 g/mol. The minimum atomic E-state index is -0.949. The number of hydrogen-bond donors (Lipinski definition) is 1. The molecule has 32 heavy (non-hydrogen) atoms. The molecule has 3 aromatic rings. The number of benzene rings is 2. The number of aromatic nitrogens is 1. The van der Waals surface area contributed by atoms with Crippen LogP contribution in [0.25, 0.3) is 10.9 Å². The number of urea groups is 1. The molecular formula is C24H22FN3O4. The molecule has 3 amide bonds. The molecule has 1 atom stereocenters. The Balaban J connectivity index is 1.49. The molecule has 5 rings (SSSR count). The summed E-state index contributed by atoms with van der Waals surface area (Å²) in [6.07, 6.45) is 0.571. The molecule has 1 saturated heterocycles. The third kappa shape index (κ3) is 3.32. The van der Waals surface area contributed by atoms with E-state index in [0.717, 1.165) is 27.7 Å². The zero-order valence-corrected chi connectivity index (χ0v) is 17.3. The molecular weight excluding hydrogens is 413 g/mol. The molecule has 8 heteroatoms. The van der Waals surface area contributed by atoms with Gasteiger partial charge in [-0.3, -0.25) is 14.5 Å². The van der Waals surface area contributed by atoms with Crippen LogP contribution in [0.2, 0.25) is 0 Å². The van der Waals surface area contributed by atoms with E-state index in [0.29, 0.717) is 19.5 Å². The zero-order valence-electron chi connectivity index (χ0n) is 17.3. The lowest BCUT2D eigenvalue weighted by atomic mass is 9.97. The summed E-state index contributed by atoms with van der Waals surface area (Å²) in [7, 11) is 0. The third-order valence-corrected chi connectivity index (χ3v) is 6.34. The van der Waals surface area contributed by atoms with Gasteiger partial charge in [-0.25, -0.2) is 9.18 Å². The summed E-state index contributed by atoms with van der Waals surface area (Å²) >= 11 is 0. The molecule has 2 aliphatic heterocycles. The summed E-state index contributed by atoms with van der Waals surface area (Å²) < 4.78 is 15.5. The number of halogens is 1. The van der Waals surface area contributed by atoms with E-state index in [9.17, 15) is 18.8 Å². The van der Waals surface area contributed by atoms with Gasteiger partial charge < -0.3 is 14.6 Å². The number of carboxylic acids is 1. The minimum absolute atomic E-state index is 0.0880. The van der Waals surface area contributed by atoms with Gasteiger partial charge in [-0.2, -0.15) is 0 Å². The van der Waals surface area contributed by atoms with Crippen molar-refractivity contribution in [3.63, 3.8) is 0 Å². The molecule has 1 aromatic heterocycles. The van der Waals surface area contributed by atoms with Gasteiger partial charge >= 0.3 is 12.0 Å². The second-order valence-electron chi connectivity index (χ2n) is 8.27. The Kier molecular flexibility index (Phi) is 4.92. The Labute approximate surface area is 183 Å². The van der Waals surface area contributed by atoms with Gasteiger partial charge in [-0.15, -0.1) is 0 Å². The molecule has 2 aromatic carbocycles. The molecule has 7 nitrogen and oxygen atoms in total. The minimum Gasteiger partial charge on any atom is -0.481 e. The maximum absolute atomic E-state index is 13.4. The molecule has 0 saturated carbocycles. The molecule has 0 radical (unpaired) electrons. The molecule has 0 bridgehead atoms. The lowest BCUT2D eigenvalue weighted by Crippen LogP contribution is -2.40. The smallest absolute Gasteiger partial charge is 0.327 e. The fourth-order valence-corrected chi connectivity index (χ4v) is 4.81. The summed E-state index contributed by atoms with van der Waals surface area (Å²) in [6, 6.07) is 13.4. The number of hydrogen-bond acceptors (Lipinski definition) is 3. The van der Waals surface area contributed by atoms with Gasteiger partial charge in [-0.05, 0) is 35.7 Å². The number of carbonyl (C=O) groups is 3. The Morgan fingerprint density at radius 1 is 1.09 bits per heavy atom. The van der Waals surface area contributed by atoms with Gasteiger partial charge in [0.15, 0.2) is 0 Å². The highest BCUT2D eigenvalue weighted by Gasteiger charge is 2.48. The predicted octanol–water partition coefficient (Wildman–Crippen LogP) is 3.38. The Morgan fingerprint density at radius 2 is 1.84 bits per heavy atom. The topological polar surface area (TPSA) is 82.8 Å². The molecule has 1 N–H and O–H groups in total. The first-order chi connectivity index (χ1) is 15.4. The molecule has 0 spiro atoms. The van der Waals surface area contributed by atoms with Crippen LogP contribution >= 0.6 is 0 Å². The number of nitrogens with zero attached hydrogens (tertiary/aromatic N) is 3. The van der Waals surface area contributed by atoms with Crippen molar-refractivity contribution in [2.75, 3.05) is 6.54 Å². The third-order valence-electron chi connectivity index (χ3n) is 6.34. The maximum Gasteiger partial charge on any atom is 0.327 e. The second-order valence-corrected chi connectivity index (χ2v) is 8.27. The van der Waals surface area contributed by atoms with Crippen LogP contribution in [0.5, 0.6) is 0 Å². The van der Waals surface area contributed by atoms with Crippen molar-refractivity contribution >= 4 is 28.8 Å². The first-order valence-electron chi connectivity index (χ1n) is 10.6. The molecule has 164 valence electrons. The van der Waals surface area contributed by atoms with Crippen LogP contribution < -0.4 is 0 Å². The van der Waals surface area contributed by atoms with Gasteiger partial charge in [-0.1, -0.05) is 30.3 Å². The lowest BCUT2D eigenvalue weighted by molar-refractivity contribution is -0.137. The van der Waals surface area contributed by atoms with Crippen LogP contribution in [0.1, 0.15) is 29.7 Å². The van der Waals surface area contributed by atoms with Crippen LogP contribution in [0, 0.1) is 5.82 Å². The Hall–Kier alpha value is -3.68. The van der Waals surface area contributed by atoms with Gasteiger partial charge in [0.05, 0.1) is 6.54 Å². The lowest BCUT2D eigenvalue weighted by Gasteiger charge is -2.28. The van der Waals surface area contributed by atoms with Crippen LogP contribution in [-0.2, 0) is 29.1 Å². The number of fused-ring (bicyclic) bond motifs is 4. The summed E-state index contributed by atoms with van der Waals surface area (Å²) in [4.78, 5) is 39.6. The van der Waals surface area contributed by atoms with Gasteiger partial charge in [0.2, 0.25) is 0 Å². The van der Waals surface area contributed by atoms with Crippen molar-refractivity contribution in [2.24, 2.45) is 0 Å². The van der Waals surface area contributed by atoms with Crippen molar-refractivity contribution in [3.05, 3.63) is 71.2 Å². The van der Waals surface area contributed by atoms with E-state index in [2.05, 4.69) is 4.57 Å². The van der Waals surface area contributed by atoms with E-state index in [1.54, 1.807) is 17.0 Å². The number of amides is 3. The van der Waals surface area contributed by atoms with Gasteiger partial charge in [0.25, 0.3) is 5.91 Å². The molecule has 3 heterocycles. The SMILES string of the molecule is O=C(O)CCCN1C(=O)[C@H]2Cc3c(n(Cc4ccc(F)cc4)c4ccccc34)CN2C1=O. The molecule has 0 unspecified atom stereocenters. The maximum atomic E-state index is 13.4.